The first-order valence-electron chi connectivity index (χ1n) is 8.95. The van der Waals surface area contributed by atoms with E-state index in [0.29, 0.717) is 47.5 Å². The van der Waals surface area contributed by atoms with Crippen LogP contribution in [0.15, 0.2) is 18.2 Å². The van der Waals surface area contributed by atoms with Gasteiger partial charge in [-0.05, 0) is 48.6 Å². The summed E-state index contributed by atoms with van der Waals surface area (Å²) in [5, 5.41) is 12.2. The number of aryl methyl sites for hydroxylation is 1. The number of benzene rings is 1. The van der Waals surface area contributed by atoms with Gasteiger partial charge in [-0.3, -0.25) is 4.79 Å². The van der Waals surface area contributed by atoms with Crippen LogP contribution in [0, 0.1) is 0 Å². The number of H-pyrrole nitrogens is 1. The summed E-state index contributed by atoms with van der Waals surface area (Å²) in [5.74, 6) is -1.51. The van der Waals surface area contributed by atoms with E-state index in [1.807, 2.05) is 6.92 Å². The van der Waals surface area contributed by atoms with E-state index in [1.165, 1.54) is 6.07 Å². The molecule has 2 aromatic rings. The van der Waals surface area contributed by atoms with E-state index in [1.54, 1.807) is 0 Å². The van der Waals surface area contributed by atoms with E-state index in [4.69, 9.17) is 0 Å². The molecule has 0 radical (unpaired) electrons. The smallest absolute Gasteiger partial charge is 0.416 e. The molecule has 0 atom stereocenters. The molecule has 0 saturated carbocycles. The first-order valence-corrected chi connectivity index (χ1v) is 8.95. The highest BCUT2D eigenvalue weighted by molar-refractivity contribution is 6.37. The lowest BCUT2D eigenvalue weighted by Crippen LogP contribution is -2.06. The maximum Gasteiger partial charge on any atom is 0.416 e. The number of rotatable bonds is 3. The van der Waals surface area contributed by atoms with Gasteiger partial charge >= 0.3 is 12.1 Å². The highest BCUT2D eigenvalue weighted by Crippen LogP contribution is 2.45. The summed E-state index contributed by atoms with van der Waals surface area (Å²) in [4.78, 5) is 27.4. The highest BCUT2D eigenvalue weighted by atomic mass is 19.4. The Morgan fingerprint density at radius 1 is 1.25 bits per heavy atom. The van der Waals surface area contributed by atoms with Crippen LogP contribution < -0.4 is 5.32 Å². The largest absolute Gasteiger partial charge is 0.478 e. The third-order valence-corrected chi connectivity index (χ3v) is 5.22. The van der Waals surface area contributed by atoms with Gasteiger partial charge in [0.2, 0.25) is 0 Å². The number of carbonyl (C=O) groups excluding carboxylic acids is 1. The van der Waals surface area contributed by atoms with Crippen molar-refractivity contribution < 1.29 is 27.9 Å². The number of nitrogens with one attached hydrogen (secondary N) is 2. The Morgan fingerprint density at radius 3 is 2.64 bits per heavy atom. The summed E-state index contributed by atoms with van der Waals surface area (Å²) < 4.78 is 39.4. The topological polar surface area (TPSA) is 82.2 Å². The van der Waals surface area contributed by atoms with E-state index >= 15 is 0 Å². The molecule has 28 heavy (non-hydrogen) atoms. The predicted octanol–water partition coefficient (Wildman–Crippen LogP) is 4.49. The molecule has 1 aromatic carbocycles. The average Bonchev–Trinajstić information content (AvgIpc) is 3.24. The van der Waals surface area contributed by atoms with Gasteiger partial charge in [0, 0.05) is 22.6 Å². The summed E-state index contributed by atoms with van der Waals surface area (Å²) in [6.45, 7) is 1.93. The third-order valence-electron chi connectivity index (χ3n) is 5.22. The van der Waals surface area contributed by atoms with Crippen LogP contribution in [0.2, 0.25) is 0 Å². The maximum absolute atomic E-state index is 13.1. The normalized spacial score (nSPS) is 18.2. The maximum atomic E-state index is 13.1. The lowest BCUT2D eigenvalue weighted by Gasteiger charge is -2.09. The minimum absolute atomic E-state index is 0.182. The Balaban J connectivity index is 1.91. The number of amides is 1. The van der Waals surface area contributed by atoms with Crippen LogP contribution in [-0.2, 0) is 23.8 Å². The lowest BCUT2D eigenvalue weighted by molar-refractivity contribution is -0.137. The van der Waals surface area contributed by atoms with E-state index in [9.17, 15) is 27.9 Å². The molecule has 2 aliphatic rings. The van der Waals surface area contributed by atoms with E-state index in [-0.39, 0.29) is 16.7 Å². The number of aromatic nitrogens is 1. The molecule has 4 rings (SSSR count). The highest BCUT2D eigenvalue weighted by Gasteiger charge is 2.37. The molecule has 5 nitrogen and oxygen atoms in total. The van der Waals surface area contributed by atoms with Crippen molar-refractivity contribution in [3.63, 3.8) is 0 Å². The molecular formula is C20H17F3N2O3. The lowest BCUT2D eigenvalue weighted by atomic mass is 9.97. The minimum atomic E-state index is -4.52. The molecule has 146 valence electrons. The number of alkyl halides is 3. The number of carboxylic acids is 1. The predicted molar refractivity (Wildman–Crippen MR) is 97.0 cm³/mol. The van der Waals surface area contributed by atoms with Gasteiger partial charge in [0.05, 0.1) is 16.7 Å². The van der Waals surface area contributed by atoms with Crippen LogP contribution in [0.4, 0.5) is 18.9 Å². The summed E-state index contributed by atoms with van der Waals surface area (Å²) in [6, 6.07) is 3.16. The molecule has 0 unspecified atom stereocenters. The number of carboxylic acid groups (broad SMARTS) is 1. The fourth-order valence-corrected chi connectivity index (χ4v) is 4.07. The van der Waals surface area contributed by atoms with Gasteiger partial charge in [-0.15, -0.1) is 0 Å². The fraction of sp³-hybridized carbons (Fsp3) is 0.300. The molecule has 0 spiro atoms. The van der Waals surface area contributed by atoms with Gasteiger partial charge in [0.1, 0.15) is 0 Å². The first-order chi connectivity index (χ1) is 13.2. The second-order valence-electron chi connectivity index (χ2n) is 6.95. The third kappa shape index (κ3) is 2.71. The van der Waals surface area contributed by atoms with Crippen LogP contribution in [0.1, 0.15) is 58.2 Å². The quantitative estimate of drug-likeness (QED) is 0.675. The van der Waals surface area contributed by atoms with Gasteiger partial charge < -0.3 is 15.4 Å². The van der Waals surface area contributed by atoms with Gasteiger partial charge in [-0.1, -0.05) is 13.3 Å². The molecule has 8 heteroatoms. The molecule has 0 bridgehead atoms. The monoisotopic (exact) mass is 390 g/mol. The first kappa shape index (κ1) is 18.3. The Hall–Kier alpha value is -3.03. The Labute approximate surface area is 158 Å². The summed E-state index contributed by atoms with van der Waals surface area (Å²) >= 11 is 0. The zero-order valence-electron chi connectivity index (χ0n) is 15.0. The molecule has 0 fully saturated rings. The van der Waals surface area contributed by atoms with Crippen molar-refractivity contribution >= 4 is 28.7 Å². The molecule has 3 N–H and O–H groups in total. The van der Waals surface area contributed by atoms with E-state index in [0.717, 1.165) is 18.6 Å². The molecule has 1 aliphatic heterocycles. The number of aromatic carboxylic acids is 1. The molecular weight excluding hydrogens is 373 g/mol. The van der Waals surface area contributed by atoms with Crippen LogP contribution in [0.25, 0.3) is 11.1 Å². The second kappa shape index (κ2) is 6.25. The van der Waals surface area contributed by atoms with Gasteiger partial charge in [-0.25, -0.2) is 4.79 Å². The summed E-state index contributed by atoms with van der Waals surface area (Å²) in [6.07, 6.45) is -2.42. The Morgan fingerprint density at radius 2 is 2.00 bits per heavy atom. The number of allylic oxidation sites excluding steroid dienone is 1. The van der Waals surface area contributed by atoms with E-state index in [2.05, 4.69) is 10.3 Å². The zero-order valence-corrected chi connectivity index (χ0v) is 15.0. The van der Waals surface area contributed by atoms with Crippen molar-refractivity contribution in [3.8, 4) is 0 Å². The number of aromatic amines is 1. The van der Waals surface area contributed by atoms with Gasteiger partial charge in [-0.2, -0.15) is 13.2 Å². The number of anilines is 1. The van der Waals surface area contributed by atoms with Crippen LogP contribution in [0.3, 0.4) is 0 Å². The standard InChI is InChI=1S/C20H17F3N2O3/c1-2-3-14-16(19(27)28)11-6-5-10(17(11)24-14)15-12-8-9(20(21,22)23)4-7-13(12)25-18(15)26/h4,7-8,24H,2-3,5-6H2,1H3,(H,25,26)(H,27,28)/b15-10-. The molecule has 1 aromatic heterocycles. The molecule has 1 amide bonds. The Kier molecular flexibility index (Phi) is 4.10. The van der Waals surface area contributed by atoms with Crippen molar-refractivity contribution in [1.82, 2.24) is 4.98 Å². The van der Waals surface area contributed by atoms with E-state index < -0.39 is 23.6 Å². The fourth-order valence-electron chi connectivity index (χ4n) is 4.07. The van der Waals surface area contributed by atoms with Crippen molar-refractivity contribution in [3.05, 3.63) is 51.8 Å². The minimum Gasteiger partial charge on any atom is -0.478 e. The van der Waals surface area contributed by atoms with Crippen LogP contribution in [-0.4, -0.2) is 22.0 Å². The summed E-state index contributed by atoms with van der Waals surface area (Å²) in [7, 11) is 0. The van der Waals surface area contributed by atoms with Gasteiger partial charge in [0.15, 0.2) is 0 Å². The number of carbonyl (C=O) groups is 2. The van der Waals surface area contributed by atoms with Crippen LogP contribution >= 0.6 is 0 Å². The SMILES string of the molecule is CCCc1[nH]c2c(c1C(=O)O)CC/C2=C1/C(=O)Nc2ccc(C(F)(F)F)cc21. The number of hydrogen-bond donors (Lipinski definition) is 3. The van der Waals surface area contributed by atoms with Crippen molar-refractivity contribution in [2.75, 3.05) is 5.32 Å². The average molecular weight is 390 g/mol. The number of fused-ring (bicyclic) bond motifs is 2. The second-order valence-corrected chi connectivity index (χ2v) is 6.95. The number of hydrogen-bond acceptors (Lipinski definition) is 2. The number of halogens is 3. The van der Waals surface area contributed by atoms with Gasteiger partial charge in [0.25, 0.3) is 5.91 Å². The Bertz CT molecular complexity index is 1050. The summed E-state index contributed by atoms with van der Waals surface area (Å²) in [5.41, 5.74) is 2.41. The van der Waals surface area contributed by atoms with Crippen molar-refractivity contribution in [2.45, 2.75) is 38.8 Å². The zero-order chi connectivity index (χ0) is 20.2. The van der Waals surface area contributed by atoms with Crippen molar-refractivity contribution in [1.29, 1.82) is 0 Å². The molecule has 2 heterocycles. The molecule has 1 aliphatic carbocycles. The molecule has 0 saturated heterocycles. The van der Waals surface area contributed by atoms with Crippen molar-refractivity contribution in [2.24, 2.45) is 0 Å². The van der Waals surface area contributed by atoms with Crippen LogP contribution in [0.5, 0.6) is 0 Å².